The van der Waals surface area contributed by atoms with Crippen molar-refractivity contribution in [2.75, 3.05) is 11.1 Å². The number of amides is 1. The van der Waals surface area contributed by atoms with Crippen LogP contribution in [0, 0.1) is 6.92 Å². The van der Waals surface area contributed by atoms with E-state index in [1.165, 1.54) is 29.2 Å². The van der Waals surface area contributed by atoms with Crippen molar-refractivity contribution < 1.29 is 4.79 Å². The van der Waals surface area contributed by atoms with Gasteiger partial charge in [0.15, 0.2) is 5.16 Å². The standard InChI is InChI=1S/C24H24N6O2S/c1-16-10-11-20(25-14-16)29-23(32)18-8-4-5-9-19(18)27-24(29)33-15-22(31)28-21-12-13-26-30(21)17-6-2-3-7-17/h4-5,8-14,17H,2-3,6-7,15H2,1H3,(H,28,31). The summed E-state index contributed by atoms with van der Waals surface area (Å²) in [7, 11) is 0. The second kappa shape index (κ2) is 9.19. The van der Waals surface area contributed by atoms with Gasteiger partial charge in [-0.15, -0.1) is 0 Å². The minimum absolute atomic E-state index is 0.104. The number of carbonyl (C=O) groups is 1. The fraction of sp³-hybridized carbons (Fsp3) is 0.292. The molecule has 8 nitrogen and oxygen atoms in total. The van der Waals surface area contributed by atoms with Crippen LogP contribution in [-0.4, -0.2) is 36.0 Å². The lowest BCUT2D eigenvalue weighted by Crippen LogP contribution is -2.24. The molecule has 168 valence electrons. The Morgan fingerprint density at radius 1 is 1.15 bits per heavy atom. The van der Waals surface area contributed by atoms with E-state index < -0.39 is 0 Å². The number of carbonyl (C=O) groups excluding carboxylic acids is 1. The number of para-hydroxylation sites is 1. The normalized spacial score (nSPS) is 14.1. The molecule has 33 heavy (non-hydrogen) atoms. The highest BCUT2D eigenvalue weighted by Crippen LogP contribution is 2.31. The van der Waals surface area contributed by atoms with Crippen molar-refractivity contribution in [2.45, 2.75) is 43.8 Å². The zero-order chi connectivity index (χ0) is 22.8. The number of anilines is 1. The third-order valence-corrected chi connectivity index (χ3v) is 6.75. The van der Waals surface area contributed by atoms with Crippen molar-refractivity contribution in [3.05, 3.63) is 70.8 Å². The molecule has 1 aliphatic rings. The number of aromatic nitrogens is 5. The van der Waals surface area contributed by atoms with Crippen LogP contribution in [-0.2, 0) is 4.79 Å². The summed E-state index contributed by atoms with van der Waals surface area (Å²) >= 11 is 1.21. The molecule has 5 rings (SSSR count). The van der Waals surface area contributed by atoms with Crippen molar-refractivity contribution in [2.24, 2.45) is 0 Å². The van der Waals surface area contributed by atoms with Gasteiger partial charge in [-0.1, -0.05) is 42.8 Å². The Kier molecular flexibility index (Phi) is 5.95. The minimum atomic E-state index is -0.209. The van der Waals surface area contributed by atoms with E-state index in [9.17, 15) is 9.59 Å². The van der Waals surface area contributed by atoms with Gasteiger partial charge in [0.1, 0.15) is 11.6 Å². The molecule has 0 spiro atoms. The predicted molar refractivity (Wildman–Crippen MR) is 129 cm³/mol. The summed E-state index contributed by atoms with van der Waals surface area (Å²) in [5.74, 6) is 1.11. The first-order valence-electron chi connectivity index (χ1n) is 11.0. The van der Waals surface area contributed by atoms with Crippen LogP contribution in [0.2, 0.25) is 0 Å². The van der Waals surface area contributed by atoms with Gasteiger partial charge in [0.25, 0.3) is 5.56 Å². The van der Waals surface area contributed by atoms with Gasteiger partial charge in [-0.05, 0) is 43.5 Å². The number of hydrogen-bond acceptors (Lipinski definition) is 6. The van der Waals surface area contributed by atoms with Gasteiger partial charge in [-0.3, -0.25) is 9.59 Å². The van der Waals surface area contributed by atoms with Crippen LogP contribution in [0.15, 0.2) is 64.8 Å². The lowest BCUT2D eigenvalue weighted by atomic mass is 10.2. The number of pyridine rings is 1. The summed E-state index contributed by atoms with van der Waals surface area (Å²) in [6.07, 6.45) is 7.96. The van der Waals surface area contributed by atoms with Crippen molar-refractivity contribution in [3.8, 4) is 5.82 Å². The predicted octanol–water partition coefficient (Wildman–Crippen LogP) is 4.13. The van der Waals surface area contributed by atoms with Crippen LogP contribution in [0.25, 0.3) is 16.7 Å². The first-order chi connectivity index (χ1) is 16.1. The van der Waals surface area contributed by atoms with Crippen LogP contribution >= 0.6 is 11.8 Å². The minimum Gasteiger partial charge on any atom is -0.310 e. The number of rotatable bonds is 6. The van der Waals surface area contributed by atoms with E-state index in [-0.39, 0.29) is 17.2 Å². The van der Waals surface area contributed by atoms with E-state index in [2.05, 4.69) is 20.4 Å². The monoisotopic (exact) mass is 460 g/mol. The maximum Gasteiger partial charge on any atom is 0.267 e. The second-order valence-corrected chi connectivity index (χ2v) is 9.12. The van der Waals surface area contributed by atoms with Gasteiger partial charge in [0, 0.05) is 12.3 Å². The molecule has 0 bridgehead atoms. The highest BCUT2D eigenvalue weighted by molar-refractivity contribution is 7.99. The second-order valence-electron chi connectivity index (χ2n) is 8.18. The molecule has 9 heteroatoms. The Bertz CT molecular complexity index is 1360. The van der Waals surface area contributed by atoms with E-state index in [1.54, 1.807) is 30.6 Å². The number of fused-ring (bicyclic) bond motifs is 1. The molecule has 3 heterocycles. The molecule has 1 fully saturated rings. The lowest BCUT2D eigenvalue weighted by molar-refractivity contribution is -0.113. The maximum atomic E-state index is 13.3. The number of aryl methyl sites for hydroxylation is 1. The summed E-state index contributed by atoms with van der Waals surface area (Å²) in [6.45, 7) is 1.94. The number of nitrogens with one attached hydrogen (secondary N) is 1. The van der Waals surface area contributed by atoms with Gasteiger partial charge >= 0.3 is 0 Å². The average Bonchev–Trinajstić information content (AvgIpc) is 3.51. The topological polar surface area (TPSA) is 94.7 Å². The van der Waals surface area contributed by atoms with Crippen LogP contribution in [0.3, 0.4) is 0 Å². The fourth-order valence-corrected chi connectivity index (χ4v) is 4.97. The van der Waals surface area contributed by atoms with Crippen LogP contribution in [0.4, 0.5) is 5.82 Å². The molecular formula is C24H24N6O2S. The largest absolute Gasteiger partial charge is 0.310 e. The quantitative estimate of drug-likeness (QED) is 0.343. The Labute approximate surface area is 195 Å². The van der Waals surface area contributed by atoms with Crippen LogP contribution in [0.5, 0.6) is 0 Å². The summed E-state index contributed by atoms with van der Waals surface area (Å²) in [6, 6.07) is 13.0. The van der Waals surface area contributed by atoms with Gasteiger partial charge in [0.2, 0.25) is 5.91 Å². The number of benzene rings is 1. The smallest absolute Gasteiger partial charge is 0.267 e. The first-order valence-corrected chi connectivity index (χ1v) is 12.0. The van der Waals surface area contributed by atoms with Crippen molar-refractivity contribution >= 4 is 34.4 Å². The molecule has 0 atom stereocenters. The first kappa shape index (κ1) is 21.4. The summed E-state index contributed by atoms with van der Waals surface area (Å²) in [4.78, 5) is 35.2. The number of thioether (sulfide) groups is 1. The van der Waals surface area contributed by atoms with Crippen molar-refractivity contribution in [3.63, 3.8) is 0 Å². The molecular weight excluding hydrogens is 436 g/mol. The maximum absolute atomic E-state index is 13.3. The molecule has 0 unspecified atom stereocenters. The van der Waals surface area contributed by atoms with Crippen molar-refractivity contribution in [1.29, 1.82) is 0 Å². The summed E-state index contributed by atoms with van der Waals surface area (Å²) < 4.78 is 3.39. The molecule has 1 N–H and O–H groups in total. The highest BCUT2D eigenvalue weighted by Gasteiger charge is 2.21. The van der Waals surface area contributed by atoms with E-state index in [0.717, 1.165) is 18.4 Å². The van der Waals surface area contributed by atoms with Gasteiger partial charge in [0.05, 0.1) is 28.9 Å². The molecule has 1 aliphatic carbocycles. The highest BCUT2D eigenvalue weighted by atomic mass is 32.2. The molecule has 1 amide bonds. The Hall–Kier alpha value is -3.46. The fourth-order valence-electron chi connectivity index (χ4n) is 4.17. The third-order valence-electron chi connectivity index (χ3n) is 5.81. The summed E-state index contributed by atoms with van der Waals surface area (Å²) in [5, 5.41) is 8.31. The van der Waals surface area contributed by atoms with Gasteiger partial charge in [-0.2, -0.15) is 5.10 Å². The Morgan fingerprint density at radius 2 is 1.97 bits per heavy atom. The van der Waals surface area contributed by atoms with Crippen LogP contribution < -0.4 is 10.9 Å². The molecule has 1 saturated carbocycles. The molecule has 1 aromatic carbocycles. The molecule has 4 aromatic rings. The van der Waals surface area contributed by atoms with Gasteiger partial charge < -0.3 is 5.32 Å². The number of hydrogen-bond donors (Lipinski definition) is 1. The van der Waals surface area contributed by atoms with Crippen LogP contribution in [0.1, 0.15) is 37.3 Å². The zero-order valence-corrected chi connectivity index (χ0v) is 19.1. The van der Waals surface area contributed by atoms with E-state index in [1.807, 2.05) is 35.9 Å². The third kappa shape index (κ3) is 4.41. The molecule has 0 radical (unpaired) electrons. The SMILES string of the molecule is Cc1ccc(-n2c(SCC(=O)Nc3ccnn3C3CCCC3)nc3ccccc3c2=O)nc1. The zero-order valence-electron chi connectivity index (χ0n) is 18.3. The lowest BCUT2D eigenvalue weighted by Gasteiger charge is -2.15. The van der Waals surface area contributed by atoms with E-state index in [0.29, 0.717) is 33.7 Å². The van der Waals surface area contributed by atoms with Gasteiger partial charge in [-0.25, -0.2) is 19.2 Å². The van der Waals surface area contributed by atoms with Crippen molar-refractivity contribution in [1.82, 2.24) is 24.3 Å². The number of nitrogens with zero attached hydrogens (tertiary/aromatic N) is 5. The van der Waals surface area contributed by atoms with E-state index >= 15 is 0 Å². The molecule has 0 aliphatic heterocycles. The Balaban J connectivity index is 1.41. The molecule has 3 aromatic heterocycles. The van der Waals surface area contributed by atoms with E-state index in [4.69, 9.17) is 0 Å². The Morgan fingerprint density at radius 3 is 2.76 bits per heavy atom. The molecule has 0 saturated heterocycles. The summed E-state index contributed by atoms with van der Waals surface area (Å²) in [5.41, 5.74) is 1.38. The average molecular weight is 461 g/mol.